The molecule has 0 atom stereocenters. The largest absolute Gasteiger partial charge is 0.442 e. The van der Waals surface area contributed by atoms with E-state index in [0.29, 0.717) is 10.5 Å². The molecule has 4 heteroatoms. The molecule has 0 aromatic heterocycles. The molecule has 2 rings (SSSR count). The molecule has 0 bridgehead atoms. The van der Waals surface area contributed by atoms with Gasteiger partial charge in [0.2, 0.25) is 0 Å². The summed E-state index contributed by atoms with van der Waals surface area (Å²) in [5, 5.41) is 0. The Morgan fingerprint density at radius 2 is 1.12 bits per heavy atom. The molecule has 17 heavy (non-hydrogen) atoms. The summed E-state index contributed by atoms with van der Waals surface area (Å²) >= 11 is 0. The van der Waals surface area contributed by atoms with Crippen LogP contribution in [0.3, 0.4) is 0 Å². The van der Waals surface area contributed by atoms with Crippen LogP contribution >= 0.6 is 12.4 Å². The van der Waals surface area contributed by atoms with Crippen molar-refractivity contribution in [3.8, 4) is 0 Å². The average molecular weight is 308 g/mol. The molecule has 0 aromatic carbocycles. The SMILES string of the molecule is Cl.O[SiH3].[C-]1=CC=CC1.[C-]1=CC=CC1.[CH3-].[CH3-].[CH3-].[Ti]. The van der Waals surface area contributed by atoms with Gasteiger partial charge in [-0.2, -0.15) is 12.2 Å². The third-order valence-electron chi connectivity index (χ3n) is 1.17. The van der Waals surface area contributed by atoms with Crippen LogP contribution in [0, 0.1) is 34.4 Å². The van der Waals surface area contributed by atoms with Gasteiger partial charge in [0.05, 0.1) is 0 Å². The van der Waals surface area contributed by atoms with E-state index in [2.05, 4.69) is 24.3 Å². The zero-order valence-electron chi connectivity index (χ0n) is 11.2. The molecule has 2 aliphatic carbocycles. The van der Waals surface area contributed by atoms with Crippen LogP contribution in [0.15, 0.2) is 36.5 Å². The molecule has 102 valence electrons. The number of allylic oxidation sites excluding steroid dienone is 8. The maximum atomic E-state index is 7.14. The second-order valence-corrected chi connectivity index (χ2v) is 2.01. The van der Waals surface area contributed by atoms with Crippen molar-refractivity contribution in [1.82, 2.24) is 0 Å². The molecule has 0 aliphatic heterocycles. The summed E-state index contributed by atoms with van der Waals surface area (Å²) in [5.41, 5.74) is 0. The summed E-state index contributed by atoms with van der Waals surface area (Å²) in [6.45, 7) is 0. The Bertz CT molecular complexity index is 160. The van der Waals surface area contributed by atoms with E-state index in [1.165, 1.54) is 0 Å². The van der Waals surface area contributed by atoms with Crippen molar-refractivity contribution in [2.75, 3.05) is 0 Å². The van der Waals surface area contributed by atoms with Gasteiger partial charge >= 0.3 is 0 Å². The van der Waals surface area contributed by atoms with Gasteiger partial charge in [-0.1, -0.05) is 0 Å². The van der Waals surface area contributed by atoms with E-state index in [4.69, 9.17) is 4.80 Å². The number of hydrogen-bond acceptors (Lipinski definition) is 1. The summed E-state index contributed by atoms with van der Waals surface area (Å²) in [7, 11) is 0.306. The second kappa shape index (κ2) is 36.0. The smallest absolute Gasteiger partial charge is 0.141 e. The van der Waals surface area contributed by atoms with E-state index in [1.807, 2.05) is 24.3 Å². The number of rotatable bonds is 0. The van der Waals surface area contributed by atoms with Crippen LogP contribution in [0.1, 0.15) is 12.8 Å². The van der Waals surface area contributed by atoms with Gasteiger partial charge in [0, 0.05) is 21.7 Å². The molecule has 0 saturated heterocycles. The fourth-order valence-corrected chi connectivity index (χ4v) is 0.680. The zero-order chi connectivity index (χ0) is 9.07. The Labute approximate surface area is 133 Å². The first kappa shape index (κ1) is 36.0. The fraction of sp³-hybridized carbons (Fsp3) is 0.154. The van der Waals surface area contributed by atoms with Crippen molar-refractivity contribution >= 4 is 22.9 Å². The Morgan fingerprint density at radius 3 is 1.18 bits per heavy atom. The molecule has 0 heterocycles. The fourth-order valence-electron chi connectivity index (χ4n) is 0.680. The number of halogens is 1. The minimum atomic E-state index is 0. The van der Waals surface area contributed by atoms with Crippen molar-refractivity contribution in [2.45, 2.75) is 12.8 Å². The molecule has 0 radical (unpaired) electrons. The predicted molar refractivity (Wildman–Crippen MR) is 81.8 cm³/mol. The molecule has 0 unspecified atom stereocenters. The summed E-state index contributed by atoms with van der Waals surface area (Å²) in [6.07, 6.45) is 20.0. The normalized spacial score (nSPS) is 10.9. The summed E-state index contributed by atoms with van der Waals surface area (Å²) in [4.78, 5) is 7.14. The van der Waals surface area contributed by atoms with E-state index in [-0.39, 0.29) is 56.4 Å². The second-order valence-electron chi connectivity index (χ2n) is 2.01. The van der Waals surface area contributed by atoms with Crippen molar-refractivity contribution in [1.29, 1.82) is 0 Å². The van der Waals surface area contributed by atoms with Crippen LogP contribution in [0.5, 0.6) is 0 Å². The van der Waals surface area contributed by atoms with Gasteiger partial charge in [-0.25, -0.2) is 24.3 Å². The van der Waals surface area contributed by atoms with Gasteiger partial charge in [0.25, 0.3) is 0 Å². The van der Waals surface area contributed by atoms with Crippen molar-refractivity contribution < 1.29 is 26.5 Å². The minimum Gasteiger partial charge on any atom is -0.442 e. The molecule has 0 fully saturated rings. The molecule has 0 saturated carbocycles. The first-order valence-electron chi connectivity index (χ1n) is 3.88. The molecule has 0 aromatic rings. The van der Waals surface area contributed by atoms with Gasteiger partial charge in [-0.15, -0.1) is 25.2 Å². The molecular formula is C13H24ClOSiTi-5. The van der Waals surface area contributed by atoms with Crippen molar-refractivity contribution in [2.24, 2.45) is 0 Å². The molecular weight excluding hydrogens is 284 g/mol. The van der Waals surface area contributed by atoms with Gasteiger partial charge < -0.3 is 27.1 Å². The zero-order valence-corrected chi connectivity index (χ0v) is 15.6. The molecule has 1 N–H and O–H groups in total. The van der Waals surface area contributed by atoms with Crippen LogP contribution in [0.4, 0.5) is 0 Å². The van der Waals surface area contributed by atoms with E-state index >= 15 is 0 Å². The van der Waals surface area contributed by atoms with Crippen LogP contribution in [0.25, 0.3) is 0 Å². The first-order chi connectivity index (χ1) is 6.00. The monoisotopic (exact) mass is 307 g/mol. The van der Waals surface area contributed by atoms with E-state index in [9.17, 15) is 0 Å². The minimum absolute atomic E-state index is 0. The summed E-state index contributed by atoms with van der Waals surface area (Å²) in [6, 6.07) is 0. The predicted octanol–water partition coefficient (Wildman–Crippen LogP) is 2.64. The Balaban J connectivity index is -0.0000000247. The number of hydrogen-bond donors (Lipinski definition) is 1. The van der Waals surface area contributed by atoms with Crippen LogP contribution in [0.2, 0.25) is 0 Å². The third-order valence-corrected chi connectivity index (χ3v) is 1.17. The first-order valence-corrected chi connectivity index (χ1v) is 4.78. The van der Waals surface area contributed by atoms with Crippen molar-refractivity contribution in [3.05, 3.63) is 70.9 Å². The van der Waals surface area contributed by atoms with Crippen molar-refractivity contribution in [3.63, 3.8) is 0 Å². The topological polar surface area (TPSA) is 20.2 Å². The van der Waals surface area contributed by atoms with Crippen LogP contribution < -0.4 is 0 Å². The average Bonchev–Trinajstić information content (AvgIpc) is 2.87. The van der Waals surface area contributed by atoms with Crippen LogP contribution in [-0.4, -0.2) is 15.3 Å². The van der Waals surface area contributed by atoms with E-state index < -0.39 is 0 Å². The van der Waals surface area contributed by atoms with Gasteiger partial charge in [0.15, 0.2) is 0 Å². The van der Waals surface area contributed by atoms with Crippen LogP contribution in [-0.2, 0) is 21.7 Å². The quantitative estimate of drug-likeness (QED) is 0.539. The van der Waals surface area contributed by atoms with Gasteiger partial charge in [-0.05, 0) is 0 Å². The Kier molecular flexibility index (Phi) is 76.2. The maximum Gasteiger partial charge on any atom is 0.141 e. The molecule has 1 nitrogen and oxygen atoms in total. The summed E-state index contributed by atoms with van der Waals surface area (Å²) < 4.78 is 0. The molecule has 0 amide bonds. The van der Waals surface area contributed by atoms with Gasteiger partial charge in [0.1, 0.15) is 10.5 Å². The Hall–Kier alpha value is 0.141. The standard InChI is InChI=1S/2C5H5.3CH3.ClH.H4OSi.Ti/c2*1-2-4-5-3-1;;;;;1-2;/h2*1-3H,4H2;3*1H3;1H;1H,2H3;/q5*-1;;;. The van der Waals surface area contributed by atoms with E-state index in [0.717, 1.165) is 12.8 Å². The van der Waals surface area contributed by atoms with Gasteiger partial charge in [-0.3, -0.25) is 12.2 Å². The van der Waals surface area contributed by atoms with E-state index in [1.54, 1.807) is 0 Å². The third kappa shape index (κ3) is 31.4. The molecule has 0 spiro atoms. The summed E-state index contributed by atoms with van der Waals surface area (Å²) in [5.74, 6) is 0. The maximum absolute atomic E-state index is 7.14. The molecule has 2 aliphatic rings. The Morgan fingerprint density at radius 1 is 0.824 bits per heavy atom.